The lowest BCUT2D eigenvalue weighted by Gasteiger charge is -2.34. The second-order valence-electron chi connectivity index (χ2n) is 20.4. The highest BCUT2D eigenvalue weighted by Crippen LogP contribution is 2.29. The highest BCUT2D eigenvalue weighted by atomic mass is 16.2. The van der Waals surface area contributed by atoms with E-state index in [1.807, 2.05) is 182 Å². The van der Waals surface area contributed by atoms with Crippen LogP contribution in [0.2, 0.25) is 0 Å². The van der Waals surface area contributed by atoms with Gasteiger partial charge in [0.1, 0.15) is 0 Å². The molecule has 17 nitrogen and oxygen atoms in total. The smallest absolute Gasteiger partial charge is 0.242 e. The molecule has 0 saturated heterocycles. The maximum Gasteiger partial charge on any atom is 0.242 e. The minimum atomic E-state index is -0.730. The average Bonchev–Trinajstić information content (AvgIpc) is 3.67. The molecule has 0 aliphatic heterocycles. The molecular weight excluding hydrogens is 1030 g/mol. The van der Waals surface area contributed by atoms with E-state index in [1.165, 1.54) is 36.3 Å². The van der Waals surface area contributed by atoms with Crippen LogP contribution in [-0.2, 0) is 33.6 Å². The highest BCUT2D eigenvalue weighted by molar-refractivity contribution is 5.93. The Kier molecular flexibility index (Phi) is 25.5. The van der Waals surface area contributed by atoms with Crippen LogP contribution in [0.5, 0.6) is 0 Å². The number of amides is 7. The molecule has 0 fully saturated rings. The predicted molar refractivity (Wildman–Crippen MR) is 320 cm³/mol. The molecule has 0 radical (unpaired) electrons. The molecule has 0 spiro atoms. The summed E-state index contributed by atoms with van der Waals surface area (Å²) < 4.78 is 0. The van der Waals surface area contributed by atoms with Gasteiger partial charge in [0, 0.05) is 63.9 Å². The van der Waals surface area contributed by atoms with Gasteiger partial charge in [0.25, 0.3) is 0 Å². The van der Waals surface area contributed by atoms with Gasteiger partial charge in [0.05, 0.1) is 39.3 Å². The first-order valence-electron chi connectivity index (χ1n) is 28.1. The zero-order chi connectivity index (χ0) is 58.6. The number of hydrogen-bond acceptors (Lipinski definition) is 10. The van der Waals surface area contributed by atoms with Crippen LogP contribution in [-0.4, -0.2) is 169 Å². The first kappa shape index (κ1) is 62.7. The third kappa shape index (κ3) is 19.4. The lowest BCUT2D eigenvalue weighted by molar-refractivity contribution is -0.148. The summed E-state index contributed by atoms with van der Waals surface area (Å²) in [5.41, 5.74) is 29.1. The van der Waals surface area contributed by atoms with Gasteiger partial charge in [-0.2, -0.15) is 0 Å². The second-order valence-corrected chi connectivity index (χ2v) is 20.4. The first-order chi connectivity index (χ1) is 39.8. The SMILES string of the molecule is CC(=O)N(CCCN)CC(=O)N(CC(=O)N(CCCN)CC(=O)N(CC(=O)N(CCCN)CC(=O)N(CC(N)=O)CC(c1ccccc1)c1ccccc1)CC(c1ccccc1)c1ccccc1)CC(c1ccccc1)c1ccccc1. The highest BCUT2D eigenvalue weighted by Gasteiger charge is 2.33. The zero-order valence-electron chi connectivity index (χ0n) is 47.1. The van der Waals surface area contributed by atoms with E-state index in [0.29, 0.717) is 25.8 Å². The topological polar surface area (TPSA) is 243 Å². The van der Waals surface area contributed by atoms with Crippen molar-refractivity contribution in [3.63, 3.8) is 0 Å². The molecule has 0 aliphatic rings. The number of carbonyl (C=O) groups is 7. The molecule has 6 aromatic rings. The van der Waals surface area contributed by atoms with Crippen molar-refractivity contribution < 1.29 is 33.6 Å². The Morgan fingerprint density at radius 3 is 0.756 bits per heavy atom. The van der Waals surface area contributed by atoms with Crippen LogP contribution in [0.15, 0.2) is 182 Å². The fraction of sp³-hybridized carbons (Fsp3) is 0.338. The Morgan fingerprint density at radius 2 is 0.524 bits per heavy atom. The molecule has 0 bridgehead atoms. The van der Waals surface area contributed by atoms with Gasteiger partial charge < -0.3 is 52.3 Å². The van der Waals surface area contributed by atoms with E-state index in [4.69, 9.17) is 22.9 Å². The van der Waals surface area contributed by atoms with E-state index in [9.17, 15) is 19.2 Å². The van der Waals surface area contributed by atoms with Crippen LogP contribution in [0.4, 0.5) is 0 Å². The van der Waals surface area contributed by atoms with Crippen LogP contribution in [0, 0.1) is 0 Å². The standard InChI is InChI=1S/C65H80N10O7/c1-50(76)70(38-20-35-66)45-63(80)74(42-58(53-27-12-4-13-28-53)54-29-14-5-15-30-54)48-61(78)72(40-22-37-68)47-65(82)75(43-59(55-31-16-6-17-32-55)56-33-18-7-19-34-56)49-62(79)71(39-21-36-67)46-64(81)73(44-60(69)77)41-57(51-23-8-2-9-24-51)52-25-10-3-11-26-52/h2-19,23-34,57-59H,20-22,35-49,66-68H2,1H3,(H2,69,77). The van der Waals surface area contributed by atoms with Crippen molar-refractivity contribution in [1.82, 2.24) is 29.4 Å². The van der Waals surface area contributed by atoms with Crippen molar-refractivity contribution in [1.29, 1.82) is 0 Å². The van der Waals surface area contributed by atoms with Crippen molar-refractivity contribution in [2.75, 3.05) is 98.2 Å². The molecule has 8 N–H and O–H groups in total. The first-order valence-corrected chi connectivity index (χ1v) is 28.1. The number of hydrogen-bond donors (Lipinski definition) is 4. The van der Waals surface area contributed by atoms with Gasteiger partial charge in [-0.05, 0) is 72.3 Å². The Morgan fingerprint density at radius 1 is 0.317 bits per heavy atom. The summed E-state index contributed by atoms with van der Waals surface area (Å²) in [6.45, 7) is -0.0718. The normalized spacial score (nSPS) is 11.1. The molecule has 17 heteroatoms. The van der Waals surface area contributed by atoms with Crippen LogP contribution >= 0.6 is 0 Å². The lowest BCUT2D eigenvalue weighted by atomic mass is 9.90. The summed E-state index contributed by atoms with van der Waals surface area (Å²) in [5.74, 6) is -4.91. The third-order valence-electron chi connectivity index (χ3n) is 14.5. The zero-order valence-corrected chi connectivity index (χ0v) is 47.1. The molecule has 82 heavy (non-hydrogen) atoms. The number of rotatable bonds is 33. The number of benzene rings is 6. The van der Waals surface area contributed by atoms with E-state index in [-0.39, 0.29) is 76.6 Å². The summed E-state index contributed by atoms with van der Waals surface area (Å²) >= 11 is 0. The fourth-order valence-corrected chi connectivity index (χ4v) is 10.0. The quantitative estimate of drug-likeness (QED) is 0.0430. The summed E-state index contributed by atoms with van der Waals surface area (Å²) in [6.07, 6.45) is 1.09. The Labute approximate surface area is 482 Å². The maximum atomic E-state index is 15.4. The molecule has 0 aliphatic carbocycles. The monoisotopic (exact) mass is 1110 g/mol. The largest absolute Gasteiger partial charge is 0.368 e. The Bertz CT molecular complexity index is 2810. The average molecular weight is 1110 g/mol. The van der Waals surface area contributed by atoms with Crippen LogP contribution < -0.4 is 22.9 Å². The second kappa shape index (κ2) is 33.3. The molecular formula is C65H80N10O7. The van der Waals surface area contributed by atoms with Crippen molar-refractivity contribution >= 4 is 41.4 Å². The summed E-state index contributed by atoms with van der Waals surface area (Å²) in [5, 5.41) is 0. The van der Waals surface area contributed by atoms with Crippen molar-refractivity contribution in [2.45, 2.75) is 43.9 Å². The van der Waals surface area contributed by atoms with Gasteiger partial charge in [-0.1, -0.05) is 182 Å². The molecule has 0 aromatic heterocycles. The van der Waals surface area contributed by atoms with Crippen molar-refractivity contribution in [2.24, 2.45) is 22.9 Å². The molecule has 0 heterocycles. The summed E-state index contributed by atoms with van der Waals surface area (Å²) in [4.78, 5) is 109. The van der Waals surface area contributed by atoms with Crippen LogP contribution in [0.3, 0.4) is 0 Å². The van der Waals surface area contributed by atoms with Crippen molar-refractivity contribution in [3.8, 4) is 0 Å². The number of nitrogens with zero attached hydrogens (tertiary/aromatic N) is 6. The van der Waals surface area contributed by atoms with E-state index in [2.05, 4.69) is 0 Å². The third-order valence-corrected chi connectivity index (χ3v) is 14.5. The Balaban J connectivity index is 1.35. The molecule has 6 aromatic carbocycles. The van der Waals surface area contributed by atoms with Gasteiger partial charge in [-0.15, -0.1) is 0 Å². The fourth-order valence-electron chi connectivity index (χ4n) is 10.0. The van der Waals surface area contributed by atoms with E-state index < -0.39 is 74.1 Å². The van der Waals surface area contributed by atoms with E-state index >= 15 is 14.4 Å². The van der Waals surface area contributed by atoms with E-state index in [1.54, 1.807) is 0 Å². The van der Waals surface area contributed by atoms with Gasteiger partial charge in [-0.3, -0.25) is 33.6 Å². The van der Waals surface area contributed by atoms with Crippen LogP contribution in [0.25, 0.3) is 0 Å². The molecule has 432 valence electrons. The molecule has 7 amide bonds. The van der Waals surface area contributed by atoms with Gasteiger partial charge in [0.15, 0.2) is 0 Å². The minimum Gasteiger partial charge on any atom is -0.368 e. The van der Waals surface area contributed by atoms with E-state index in [0.717, 1.165) is 33.4 Å². The van der Waals surface area contributed by atoms with Crippen LogP contribution in [0.1, 0.15) is 77.3 Å². The Hall–Kier alpha value is -8.51. The maximum absolute atomic E-state index is 15.4. The molecule has 0 unspecified atom stereocenters. The van der Waals surface area contributed by atoms with Gasteiger partial charge in [-0.25, -0.2) is 0 Å². The van der Waals surface area contributed by atoms with Gasteiger partial charge >= 0.3 is 0 Å². The number of carbonyl (C=O) groups excluding carboxylic acids is 7. The lowest BCUT2D eigenvalue weighted by Crippen LogP contribution is -2.53. The van der Waals surface area contributed by atoms with Crippen molar-refractivity contribution in [3.05, 3.63) is 215 Å². The molecule has 6 rings (SSSR count). The predicted octanol–water partition coefficient (Wildman–Crippen LogP) is 5.01. The number of primary amides is 1. The molecule has 0 saturated carbocycles. The van der Waals surface area contributed by atoms with Gasteiger partial charge in [0.2, 0.25) is 41.4 Å². The number of nitrogens with two attached hydrogens (primary N) is 4. The molecule has 0 atom stereocenters. The summed E-state index contributed by atoms with van der Waals surface area (Å²) in [7, 11) is 0. The minimum absolute atomic E-state index is 0.00997. The summed E-state index contributed by atoms with van der Waals surface area (Å²) in [6, 6.07) is 57.7.